The second kappa shape index (κ2) is 8.44. The molecule has 6 nitrogen and oxygen atoms in total. The normalized spacial score (nSPS) is 14.9. The largest absolute Gasteiger partial charge is 0.504 e. The maximum absolute atomic E-state index is 10.3. The van der Waals surface area contributed by atoms with E-state index in [9.17, 15) is 5.11 Å². The molecule has 0 atom stereocenters. The summed E-state index contributed by atoms with van der Waals surface area (Å²) in [6.45, 7) is 5.71. The van der Waals surface area contributed by atoms with Gasteiger partial charge in [-0.05, 0) is 62.7 Å². The second-order valence-corrected chi connectivity index (χ2v) is 7.17. The van der Waals surface area contributed by atoms with Crippen LogP contribution in [0.2, 0.25) is 0 Å². The van der Waals surface area contributed by atoms with E-state index < -0.39 is 0 Å². The first-order valence-electron chi connectivity index (χ1n) is 9.79. The zero-order chi connectivity index (χ0) is 19.3. The first kappa shape index (κ1) is 18.5. The Morgan fingerprint density at radius 3 is 2.71 bits per heavy atom. The molecule has 0 aliphatic carbocycles. The lowest BCUT2D eigenvalue weighted by Crippen LogP contribution is -2.33. The average molecular weight is 379 g/mol. The van der Waals surface area contributed by atoms with E-state index in [4.69, 9.17) is 9.26 Å². The molecule has 0 spiro atoms. The van der Waals surface area contributed by atoms with Crippen molar-refractivity contribution in [1.29, 1.82) is 0 Å². The third-order valence-electron chi connectivity index (χ3n) is 5.13. The number of phenolic OH excluding ortho intramolecular Hbond substituents is 1. The minimum atomic E-state index is 0.0818. The summed E-state index contributed by atoms with van der Waals surface area (Å²) < 4.78 is 11.2. The maximum Gasteiger partial charge on any atom is 0.258 e. The lowest BCUT2D eigenvalue weighted by Gasteiger charge is -2.26. The van der Waals surface area contributed by atoms with Crippen molar-refractivity contribution in [3.8, 4) is 34.3 Å². The number of aromatic nitrogens is 2. The molecule has 0 radical (unpaired) electrons. The predicted octanol–water partition coefficient (Wildman–Crippen LogP) is 4.28. The van der Waals surface area contributed by atoms with Crippen LogP contribution < -0.4 is 4.74 Å². The van der Waals surface area contributed by atoms with Gasteiger partial charge >= 0.3 is 0 Å². The van der Waals surface area contributed by atoms with E-state index >= 15 is 0 Å². The van der Waals surface area contributed by atoms with Crippen LogP contribution in [0.25, 0.3) is 22.8 Å². The lowest BCUT2D eigenvalue weighted by atomic mass is 10.1. The van der Waals surface area contributed by atoms with E-state index in [0.717, 1.165) is 30.8 Å². The van der Waals surface area contributed by atoms with E-state index in [2.05, 4.69) is 15.0 Å². The third kappa shape index (κ3) is 4.17. The average Bonchev–Trinajstić information content (AvgIpc) is 3.20. The Morgan fingerprint density at radius 1 is 1.11 bits per heavy atom. The van der Waals surface area contributed by atoms with Crippen LogP contribution in [-0.2, 0) is 0 Å². The Labute approximate surface area is 164 Å². The molecule has 1 saturated heterocycles. The van der Waals surface area contributed by atoms with Crippen molar-refractivity contribution in [3.63, 3.8) is 0 Å². The Bertz CT molecular complexity index is 932. The van der Waals surface area contributed by atoms with Gasteiger partial charge in [-0.15, -0.1) is 0 Å². The van der Waals surface area contributed by atoms with Crippen molar-refractivity contribution in [3.05, 3.63) is 48.0 Å². The number of aryl methyl sites for hydroxylation is 1. The number of hydrogen-bond donors (Lipinski definition) is 1. The van der Waals surface area contributed by atoms with Gasteiger partial charge < -0.3 is 14.4 Å². The van der Waals surface area contributed by atoms with Gasteiger partial charge in [0.25, 0.3) is 5.89 Å². The monoisotopic (exact) mass is 379 g/mol. The van der Waals surface area contributed by atoms with E-state index in [1.807, 2.05) is 37.3 Å². The molecule has 1 N–H and O–H groups in total. The van der Waals surface area contributed by atoms with E-state index in [0.29, 0.717) is 29.6 Å². The lowest BCUT2D eigenvalue weighted by molar-refractivity contribution is 0.181. The summed E-state index contributed by atoms with van der Waals surface area (Å²) in [5, 5.41) is 14.4. The van der Waals surface area contributed by atoms with Gasteiger partial charge in [-0.2, -0.15) is 4.98 Å². The van der Waals surface area contributed by atoms with E-state index in [1.54, 1.807) is 12.1 Å². The maximum atomic E-state index is 10.3. The Hall–Kier alpha value is -2.86. The summed E-state index contributed by atoms with van der Waals surface area (Å²) in [7, 11) is 0. The highest BCUT2D eigenvalue weighted by molar-refractivity contribution is 5.64. The third-order valence-corrected chi connectivity index (χ3v) is 5.13. The molecule has 1 fully saturated rings. The van der Waals surface area contributed by atoms with Crippen molar-refractivity contribution in [1.82, 2.24) is 15.0 Å². The summed E-state index contributed by atoms with van der Waals surface area (Å²) in [5.41, 5.74) is 2.66. The second-order valence-electron chi connectivity index (χ2n) is 7.17. The molecule has 0 saturated carbocycles. The van der Waals surface area contributed by atoms with Crippen molar-refractivity contribution in [2.75, 3.05) is 26.2 Å². The Kier molecular flexibility index (Phi) is 5.58. The molecule has 6 heteroatoms. The van der Waals surface area contributed by atoms with Crippen LogP contribution in [-0.4, -0.2) is 46.4 Å². The van der Waals surface area contributed by atoms with Gasteiger partial charge in [0.05, 0.1) is 0 Å². The van der Waals surface area contributed by atoms with Crippen LogP contribution in [0.4, 0.5) is 0 Å². The zero-order valence-corrected chi connectivity index (χ0v) is 16.1. The standard InChI is InChI=1S/C22H25N3O3/c1-16-7-3-4-8-18(16)22-23-21(24-28-22)17-9-10-20(19(26)15-17)27-14-13-25-11-5-2-6-12-25/h3-4,7-10,15,26H,2,5-6,11-14H2,1H3. The number of piperidine rings is 1. The summed E-state index contributed by atoms with van der Waals surface area (Å²) in [5.74, 6) is 1.46. The highest BCUT2D eigenvalue weighted by Crippen LogP contribution is 2.32. The van der Waals surface area contributed by atoms with Gasteiger partial charge in [0.1, 0.15) is 6.61 Å². The number of likely N-dealkylation sites (tertiary alicyclic amines) is 1. The van der Waals surface area contributed by atoms with Gasteiger partial charge in [-0.1, -0.05) is 29.8 Å². The Balaban J connectivity index is 1.42. The van der Waals surface area contributed by atoms with Crippen LogP contribution in [0, 0.1) is 6.92 Å². The fraction of sp³-hybridized carbons (Fsp3) is 0.364. The van der Waals surface area contributed by atoms with Crippen molar-refractivity contribution in [2.24, 2.45) is 0 Å². The predicted molar refractivity (Wildman–Crippen MR) is 107 cm³/mol. The van der Waals surface area contributed by atoms with E-state index in [-0.39, 0.29) is 5.75 Å². The van der Waals surface area contributed by atoms with Gasteiger partial charge in [-0.3, -0.25) is 4.90 Å². The van der Waals surface area contributed by atoms with Gasteiger partial charge in [-0.25, -0.2) is 0 Å². The number of aromatic hydroxyl groups is 1. The quantitative estimate of drug-likeness (QED) is 0.689. The highest BCUT2D eigenvalue weighted by atomic mass is 16.5. The van der Waals surface area contributed by atoms with Crippen molar-refractivity contribution in [2.45, 2.75) is 26.2 Å². The number of rotatable bonds is 6. The molecule has 28 heavy (non-hydrogen) atoms. The van der Waals surface area contributed by atoms with Crippen molar-refractivity contribution < 1.29 is 14.4 Å². The number of phenols is 1. The molecule has 2 heterocycles. The van der Waals surface area contributed by atoms with Gasteiger partial charge in [0, 0.05) is 17.7 Å². The molecule has 2 aromatic carbocycles. The minimum Gasteiger partial charge on any atom is -0.504 e. The molecule has 146 valence electrons. The molecule has 1 aliphatic rings. The molecular formula is C22H25N3O3. The van der Waals surface area contributed by atoms with Crippen LogP contribution in [0.1, 0.15) is 24.8 Å². The molecular weight excluding hydrogens is 354 g/mol. The fourth-order valence-corrected chi connectivity index (χ4v) is 3.51. The molecule has 0 amide bonds. The number of hydrogen-bond acceptors (Lipinski definition) is 6. The van der Waals surface area contributed by atoms with E-state index in [1.165, 1.54) is 19.3 Å². The summed E-state index contributed by atoms with van der Waals surface area (Å²) in [6, 6.07) is 13.1. The topological polar surface area (TPSA) is 71.6 Å². The molecule has 0 unspecified atom stereocenters. The molecule has 3 aromatic rings. The minimum absolute atomic E-state index is 0.0818. The first-order valence-corrected chi connectivity index (χ1v) is 9.79. The smallest absolute Gasteiger partial charge is 0.258 e. The van der Waals surface area contributed by atoms with Crippen LogP contribution in [0.5, 0.6) is 11.5 Å². The fourth-order valence-electron chi connectivity index (χ4n) is 3.51. The van der Waals surface area contributed by atoms with Crippen LogP contribution in [0.3, 0.4) is 0 Å². The first-order chi connectivity index (χ1) is 13.7. The van der Waals surface area contributed by atoms with Crippen molar-refractivity contribution >= 4 is 0 Å². The number of nitrogens with zero attached hydrogens (tertiary/aromatic N) is 3. The Morgan fingerprint density at radius 2 is 1.93 bits per heavy atom. The number of ether oxygens (including phenoxy) is 1. The molecule has 1 aromatic heterocycles. The van der Waals surface area contributed by atoms with Crippen LogP contribution >= 0.6 is 0 Å². The number of benzene rings is 2. The summed E-state index contributed by atoms with van der Waals surface area (Å²) in [6.07, 6.45) is 3.84. The molecule has 0 bridgehead atoms. The zero-order valence-electron chi connectivity index (χ0n) is 16.1. The highest BCUT2D eigenvalue weighted by Gasteiger charge is 2.15. The SMILES string of the molecule is Cc1ccccc1-c1nc(-c2ccc(OCCN3CCCCC3)c(O)c2)no1. The summed E-state index contributed by atoms with van der Waals surface area (Å²) in [4.78, 5) is 6.87. The van der Waals surface area contributed by atoms with Gasteiger partial charge in [0.2, 0.25) is 5.82 Å². The summed E-state index contributed by atoms with van der Waals surface area (Å²) >= 11 is 0. The van der Waals surface area contributed by atoms with Gasteiger partial charge in [0.15, 0.2) is 11.5 Å². The molecule has 4 rings (SSSR count). The van der Waals surface area contributed by atoms with Crippen LogP contribution in [0.15, 0.2) is 47.0 Å². The molecule has 1 aliphatic heterocycles.